The molecule has 4 fully saturated rings. The van der Waals surface area contributed by atoms with E-state index in [2.05, 4.69) is 10.2 Å². The van der Waals surface area contributed by atoms with Crippen LogP contribution in [0.25, 0.3) is 15.5 Å². The van der Waals surface area contributed by atoms with Crippen molar-refractivity contribution in [2.24, 2.45) is 17.8 Å². The Bertz CT molecular complexity index is 1020. The third kappa shape index (κ3) is 2.29. The van der Waals surface area contributed by atoms with E-state index in [1.807, 2.05) is 4.52 Å². The minimum absolute atomic E-state index is 0.0935. The Morgan fingerprint density at radius 3 is 2.26 bits per heavy atom. The maximum absolute atomic E-state index is 10.9. The van der Waals surface area contributed by atoms with Crippen molar-refractivity contribution in [1.82, 2.24) is 19.8 Å². The quantitative estimate of drug-likeness (QED) is 0.500. The molecule has 0 aliphatic heterocycles. The molecule has 2 aromatic heterocycles. The fourth-order valence-corrected chi connectivity index (χ4v) is 7.02. The second-order valence-corrected chi connectivity index (χ2v) is 9.58. The molecule has 0 N–H and O–H groups in total. The zero-order valence-electron chi connectivity index (χ0n) is 14.7. The van der Waals surface area contributed by atoms with E-state index in [-0.39, 0.29) is 16.0 Å². The van der Waals surface area contributed by atoms with Crippen LogP contribution in [0.3, 0.4) is 0 Å². The summed E-state index contributed by atoms with van der Waals surface area (Å²) >= 11 is 1.50. The molecule has 0 amide bonds. The Morgan fingerprint density at radius 2 is 1.67 bits per heavy atom. The highest BCUT2D eigenvalue weighted by Gasteiger charge is 2.54. The summed E-state index contributed by atoms with van der Waals surface area (Å²) in [5.74, 6) is 3.57. The highest BCUT2D eigenvalue weighted by Crippen LogP contribution is 2.60. The van der Waals surface area contributed by atoms with Crippen molar-refractivity contribution in [2.75, 3.05) is 0 Å². The molecule has 0 radical (unpaired) electrons. The van der Waals surface area contributed by atoms with Gasteiger partial charge in [0.1, 0.15) is 5.01 Å². The normalized spacial score (nSPS) is 31.6. The number of non-ortho nitro benzene ring substituents is 1. The smallest absolute Gasteiger partial charge is 0.258 e. The fourth-order valence-electron chi connectivity index (χ4n) is 6.17. The Morgan fingerprint density at radius 1 is 1.04 bits per heavy atom. The van der Waals surface area contributed by atoms with E-state index < -0.39 is 0 Å². The first-order chi connectivity index (χ1) is 13.1. The SMILES string of the molecule is O=[N+]([O-])c1ccc(-c2nn3c(C45CC6CC(CC(C6)C4)C5)nnc3s2)cc1. The molecule has 7 rings (SSSR count). The Balaban J connectivity index is 1.41. The summed E-state index contributed by atoms with van der Waals surface area (Å²) in [6, 6.07) is 6.57. The molecular formula is C19H19N5O2S. The van der Waals surface area contributed by atoms with Gasteiger partial charge in [-0.2, -0.15) is 9.61 Å². The lowest BCUT2D eigenvalue weighted by Crippen LogP contribution is -2.49. The van der Waals surface area contributed by atoms with Crippen LogP contribution in [0, 0.1) is 27.9 Å². The van der Waals surface area contributed by atoms with Gasteiger partial charge in [-0.25, -0.2) is 0 Å². The number of hydrogen-bond acceptors (Lipinski definition) is 6. The van der Waals surface area contributed by atoms with Crippen LogP contribution in [-0.2, 0) is 5.41 Å². The van der Waals surface area contributed by atoms with Gasteiger partial charge in [0.25, 0.3) is 5.69 Å². The van der Waals surface area contributed by atoms with Crippen LogP contribution in [0.2, 0.25) is 0 Å². The van der Waals surface area contributed by atoms with E-state index in [0.29, 0.717) is 0 Å². The first-order valence-electron chi connectivity index (χ1n) is 9.57. The zero-order chi connectivity index (χ0) is 18.2. The van der Waals surface area contributed by atoms with E-state index in [0.717, 1.165) is 39.1 Å². The standard InChI is InChI=1S/C19H19N5O2S/c25-24(26)15-3-1-14(2-4-15)16-22-23-17(20-21-18(23)27-16)19-8-11-5-12(9-19)7-13(6-11)10-19/h1-4,11-13H,5-10H2. The summed E-state index contributed by atoms with van der Waals surface area (Å²) in [7, 11) is 0. The third-order valence-electron chi connectivity index (χ3n) is 6.83. The molecule has 138 valence electrons. The lowest BCUT2D eigenvalue weighted by atomic mass is 9.49. The van der Waals surface area contributed by atoms with Gasteiger partial charge in [0.2, 0.25) is 4.96 Å². The molecule has 2 heterocycles. The molecule has 1 aromatic carbocycles. The molecule has 7 nitrogen and oxygen atoms in total. The average Bonchev–Trinajstić information content (AvgIpc) is 3.21. The number of hydrogen-bond donors (Lipinski definition) is 0. The van der Waals surface area contributed by atoms with Crippen LogP contribution in [0.15, 0.2) is 24.3 Å². The Labute approximate surface area is 159 Å². The van der Waals surface area contributed by atoms with Crippen LogP contribution in [-0.4, -0.2) is 24.7 Å². The second kappa shape index (κ2) is 5.34. The van der Waals surface area contributed by atoms with Crippen LogP contribution in [0.1, 0.15) is 44.3 Å². The van der Waals surface area contributed by atoms with Crippen molar-refractivity contribution in [2.45, 2.75) is 43.9 Å². The zero-order valence-corrected chi connectivity index (χ0v) is 15.6. The number of nitrogens with zero attached hydrogens (tertiary/aromatic N) is 5. The van der Waals surface area contributed by atoms with Crippen molar-refractivity contribution in [3.8, 4) is 10.6 Å². The second-order valence-electron chi connectivity index (χ2n) is 8.63. The lowest BCUT2D eigenvalue weighted by molar-refractivity contribution is -0.384. The summed E-state index contributed by atoms with van der Waals surface area (Å²) < 4.78 is 1.95. The molecule has 0 atom stereocenters. The summed E-state index contributed by atoms with van der Waals surface area (Å²) in [4.78, 5) is 11.3. The molecule has 4 aliphatic rings. The molecule has 0 unspecified atom stereocenters. The van der Waals surface area contributed by atoms with E-state index in [4.69, 9.17) is 5.10 Å². The van der Waals surface area contributed by atoms with E-state index >= 15 is 0 Å². The maximum Gasteiger partial charge on any atom is 0.269 e. The highest BCUT2D eigenvalue weighted by molar-refractivity contribution is 7.19. The van der Waals surface area contributed by atoms with Gasteiger partial charge in [0.15, 0.2) is 5.82 Å². The van der Waals surface area contributed by atoms with Gasteiger partial charge < -0.3 is 0 Å². The van der Waals surface area contributed by atoms with Crippen molar-refractivity contribution in [3.63, 3.8) is 0 Å². The summed E-state index contributed by atoms with van der Waals surface area (Å²) in [6.07, 6.45) is 7.86. The molecule has 4 aliphatic carbocycles. The lowest BCUT2D eigenvalue weighted by Gasteiger charge is -2.55. The van der Waals surface area contributed by atoms with Crippen molar-refractivity contribution < 1.29 is 4.92 Å². The van der Waals surface area contributed by atoms with Crippen LogP contribution in [0.5, 0.6) is 0 Å². The number of nitro groups is 1. The van der Waals surface area contributed by atoms with Gasteiger partial charge in [-0.05, 0) is 68.4 Å². The summed E-state index contributed by atoms with van der Waals surface area (Å²) in [5, 5.41) is 25.5. The number of rotatable bonds is 3. The van der Waals surface area contributed by atoms with Crippen molar-refractivity contribution in [1.29, 1.82) is 0 Å². The molecule has 0 spiro atoms. The topological polar surface area (TPSA) is 86.2 Å². The largest absolute Gasteiger partial charge is 0.269 e. The number of aromatic nitrogens is 4. The number of fused-ring (bicyclic) bond motifs is 1. The predicted molar refractivity (Wildman–Crippen MR) is 101 cm³/mol. The number of benzene rings is 1. The van der Waals surface area contributed by atoms with Gasteiger partial charge in [0.05, 0.1) is 4.92 Å². The molecule has 4 bridgehead atoms. The predicted octanol–water partition coefficient (Wildman–Crippen LogP) is 4.23. The number of nitro benzene ring substituents is 1. The van der Waals surface area contributed by atoms with Crippen molar-refractivity contribution in [3.05, 3.63) is 40.2 Å². The maximum atomic E-state index is 10.9. The molecule has 0 saturated heterocycles. The molecule has 8 heteroatoms. The van der Waals surface area contributed by atoms with E-state index in [1.165, 1.54) is 62.0 Å². The molecule has 3 aromatic rings. The van der Waals surface area contributed by atoms with Gasteiger partial charge in [0, 0.05) is 23.1 Å². The Kier molecular flexibility index (Phi) is 3.10. The fraction of sp³-hybridized carbons (Fsp3) is 0.526. The Hall–Kier alpha value is -2.35. The summed E-state index contributed by atoms with van der Waals surface area (Å²) in [6.45, 7) is 0. The van der Waals surface area contributed by atoms with Gasteiger partial charge >= 0.3 is 0 Å². The molecule has 4 saturated carbocycles. The third-order valence-corrected chi connectivity index (χ3v) is 7.78. The highest BCUT2D eigenvalue weighted by atomic mass is 32.1. The van der Waals surface area contributed by atoms with Crippen LogP contribution >= 0.6 is 11.3 Å². The minimum atomic E-state index is -0.381. The molecular weight excluding hydrogens is 362 g/mol. The first-order valence-corrected chi connectivity index (χ1v) is 10.4. The first kappa shape index (κ1) is 15.7. The minimum Gasteiger partial charge on any atom is -0.258 e. The van der Waals surface area contributed by atoms with Crippen molar-refractivity contribution >= 4 is 22.0 Å². The van der Waals surface area contributed by atoms with Gasteiger partial charge in [-0.15, -0.1) is 10.2 Å². The monoisotopic (exact) mass is 381 g/mol. The van der Waals surface area contributed by atoms with Crippen LogP contribution < -0.4 is 0 Å². The van der Waals surface area contributed by atoms with Crippen LogP contribution in [0.4, 0.5) is 5.69 Å². The average molecular weight is 381 g/mol. The van der Waals surface area contributed by atoms with E-state index in [9.17, 15) is 10.1 Å². The summed E-state index contributed by atoms with van der Waals surface area (Å²) in [5.41, 5.74) is 1.12. The van der Waals surface area contributed by atoms with Gasteiger partial charge in [-0.1, -0.05) is 11.3 Å². The van der Waals surface area contributed by atoms with Gasteiger partial charge in [-0.3, -0.25) is 10.1 Å². The van der Waals surface area contributed by atoms with E-state index in [1.54, 1.807) is 12.1 Å². The molecule has 27 heavy (non-hydrogen) atoms.